The average Bonchev–Trinajstić information content (AvgIpc) is 2.68. The highest BCUT2D eigenvalue weighted by atomic mass is 32.2. The van der Waals surface area contributed by atoms with Crippen LogP contribution in [0.15, 0.2) is 24.3 Å². The summed E-state index contributed by atoms with van der Waals surface area (Å²) in [6.45, 7) is 0. The van der Waals surface area contributed by atoms with Gasteiger partial charge in [0.05, 0.1) is 28.9 Å². The maximum atomic E-state index is 12.0. The fourth-order valence-corrected chi connectivity index (χ4v) is 5.28. The highest BCUT2D eigenvalue weighted by molar-refractivity contribution is 7.92. The first-order chi connectivity index (χ1) is 9.30. The minimum atomic E-state index is -3.59. The lowest BCUT2D eigenvalue weighted by Crippen LogP contribution is -2.36. The Labute approximate surface area is 118 Å². The number of rotatable bonds is 4. The van der Waals surface area contributed by atoms with Gasteiger partial charge in [0.1, 0.15) is 0 Å². The molecule has 1 aromatic carbocycles. The molecule has 1 N–H and O–H groups in total. The minimum absolute atomic E-state index is 0.0249. The molecular formula is C12H14N2O4S2. The van der Waals surface area contributed by atoms with E-state index in [9.17, 15) is 16.8 Å². The van der Waals surface area contributed by atoms with Gasteiger partial charge >= 0.3 is 0 Å². The van der Waals surface area contributed by atoms with Crippen LogP contribution < -0.4 is 4.72 Å². The monoisotopic (exact) mass is 314 g/mol. The summed E-state index contributed by atoms with van der Waals surface area (Å²) < 4.78 is 48.9. The first-order valence-corrected chi connectivity index (χ1v) is 9.46. The van der Waals surface area contributed by atoms with Gasteiger partial charge < -0.3 is 0 Å². The van der Waals surface area contributed by atoms with Gasteiger partial charge in [-0.2, -0.15) is 5.26 Å². The van der Waals surface area contributed by atoms with Crippen molar-refractivity contribution in [3.05, 3.63) is 35.4 Å². The lowest BCUT2D eigenvalue weighted by Gasteiger charge is -2.11. The van der Waals surface area contributed by atoms with E-state index in [0.717, 1.165) is 0 Å². The number of benzene rings is 1. The molecule has 1 saturated heterocycles. The molecule has 0 bridgehead atoms. The smallest absolute Gasteiger partial charge is 0.216 e. The maximum absolute atomic E-state index is 12.0. The predicted octanol–water partition coefficient (Wildman–Crippen LogP) is 0.165. The standard InChI is InChI=1S/C12H14N2O4S2/c13-7-10-1-3-11(4-2-10)8-20(17,18)14-12-5-6-19(15,16)9-12/h1-4,12,14H,5-6,8-9H2. The molecule has 1 heterocycles. The Morgan fingerprint density at radius 2 is 1.95 bits per heavy atom. The van der Waals surface area contributed by atoms with Crippen molar-refractivity contribution < 1.29 is 16.8 Å². The summed E-state index contributed by atoms with van der Waals surface area (Å²) in [4.78, 5) is 0. The molecule has 6 nitrogen and oxygen atoms in total. The number of nitrogens with zero attached hydrogens (tertiary/aromatic N) is 1. The van der Waals surface area contributed by atoms with E-state index in [1.54, 1.807) is 24.3 Å². The summed E-state index contributed by atoms with van der Waals surface area (Å²) in [5.41, 5.74) is 1.01. The van der Waals surface area contributed by atoms with Crippen LogP contribution >= 0.6 is 0 Å². The molecule has 0 radical (unpaired) electrons. The molecule has 0 spiro atoms. The topological polar surface area (TPSA) is 104 Å². The van der Waals surface area contributed by atoms with Gasteiger partial charge in [-0.05, 0) is 24.1 Å². The summed E-state index contributed by atoms with van der Waals surface area (Å²) >= 11 is 0. The molecule has 0 saturated carbocycles. The Morgan fingerprint density at radius 3 is 2.45 bits per heavy atom. The van der Waals surface area contributed by atoms with Crippen LogP contribution in [0.2, 0.25) is 0 Å². The third kappa shape index (κ3) is 4.03. The van der Waals surface area contributed by atoms with Crippen molar-refractivity contribution in [2.24, 2.45) is 0 Å². The molecule has 108 valence electrons. The van der Waals surface area contributed by atoms with Crippen molar-refractivity contribution >= 4 is 19.9 Å². The van der Waals surface area contributed by atoms with Crippen LogP contribution in [0.4, 0.5) is 0 Å². The minimum Gasteiger partial charge on any atom is -0.229 e. The van der Waals surface area contributed by atoms with Gasteiger partial charge in [0.2, 0.25) is 10.0 Å². The van der Waals surface area contributed by atoms with E-state index in [-0.39, 0.29) is 17.3 Å². The molecule has 1 fully saturated rings. The van der Waals surface area contributed by atoms with Gasteiger partial charge in [-0.1, -0.05) is 12.1 Å². The predicted molar refractivity (Wildman–Crippen MR) is 74.0 cm³/mol. The maximum Gasteiger partial charge on any atom is 0.216 e. The number of sulfonamides is 1. The van der Waals surface area contributed by atoms with Crippen LogP contribution in [-0.2, 0) is 25.6 Å². The van der Waals surface area contributed by atoms with Crippen molar-refractivity contribution in [3.8, 4) is 6.07 Å². The van der Waals surface area contributed by atoms with E-state index in [1.807, 2.05) is 6.07 Å². The Bertz CT molecular complexity index is 731. The molecule has 0 aliphatic carbocycles. The molecule has 1 aromatic rings. The molecule has 20 heavy (non-hydrogen) atoms. The number of hydrogen-bond acceptors (Lipinski definition) is 5. The van der Waals surface area contributed by atoms with Crippen LogP contribution in [0.3, 0.4) is 0 Å². The van der Waals surface area contributed by atoms with Crippen molar-refractivity contribution in [2.45, 2.75) is 18.2 Å². The van der Waals surface area contributed by atoms with E-state index in [1.165, 1.54) is 0 Å². The third-order valence-corrected chi connectivity index (χ3v) is 6.19. The number of hydrogen-bond donors (Lipinski definition) is 1. The van der Waals surface area contributed by atoms with Crippen LogP contribution in [0.1, 0.15) is 17.5 Å². The normalized spacial score (nSPS) is 21.4. The van der Waals surface area contributed by atoms with Gasteiger partial charge in [0.15, 0.2) is 9.84 Å². The molecule has 0 aromatic heterocycles. The second kappa shape index (κ2) is 5.52. The van der Waals surface area contributed by atoms with Crippen molar-refractivity contribution in [1.82, 2.24) is 4.72 Å². The molecule has 2 rings (SSSR count). The Morgan fingerprint density at radius 1 is 1.30 bits per heavy atom. The Hall–Kier alpha value is -1.43. The van der Waals surface area contributed by atoms with E-state index in [2.05, 4.69) is 4.72 Å². The number of nitriles is 1. The average molecular weight is 314 g/mol. The zero-order valence-electron chi connectivity index (χ0n) is 10.6. The SMILES string of the molecule is N#Cc1ccc(CS(=O)(=O)NC2CCS(=O)(=O)C2)cc1. The first-order valence-electron chi connectivity index (χ1n) is 5.99. The molecule has 1 unspecified atom stereocenters. The molecule has 0 amide bonds. The second-order valence-electron chi connectivity index (χ2n) is 4.79. The van der Waals surface area contributed by atoms with Crippen LogP contribution in [0.25, 0.3) is 0 Å². The summed E-state index contributed by atoms with van der Waals surface area (Å²) in [5.74, 6) is -0.341. The molecule has 8 heteroatoms. The summed E-state index contributed by atoms with van der Waals surface area (Å²) in [6, 6.07) is 7.65. The zero-order valence-corrected chi connectivity index (χ0v) is 12.2. The number of nitrogens with one attached hydrogen (secondary N) is 1. The lowest BCUT2D eigenvalue weighted by molar-refractivity contribution is 0.561. The largest absolute Gasteiger partial charge is 0.229 e. The van der Waals surface area contributed by atoms with Gasteiger partial charge in [-0.25, -0.2) is 21.6 Å². The Balaban J connectivity index is 2.02. The van der Waals surface area contributed by atoms with E-state index < -0.39 is 25.9 Å². The van der Waals surface area contributed by atoms with E-state index in [0.29, 0.717) is 17.5 Å². The summed E-state index contributed by atoms with van der Waals surface area (Å²) in [7, 11) is -6.70. The fraction of sp³-hybridized carbons (Fsp3) is 0.417. The Kier molecular flexibility index (Phi) is 4.13. The highest BCUT2D eigenvalue weighted by Crippen LogP contribution is 2.14. The number of sulfone groups is 1. The third-order valence-electron chi connectivity index (χ3n) is 3.02. The summed E-state index contributed by atoms with van der Waals surface area (Å²) in [6.07, 6.45) is 0.314. The van der Waals surface area contributed by atoms with Gasteiger partial charge in [-0.3, -0.25) is 0 Å². The second-order valence-corrected chi connectivity index (χ2v) is 8.77. The zero-order chi connectivity index (χ0) is 14.8. The van der Waals surface area contributed by atoms with E-state index >= 15 is 0 Å². The van der Waals surface area contributed by atoms with Crippen molar-refractivity contribution in [3.63, 3.8) is 0 Å². The molecule has 1 aliphatic heterocycles. The fourth-order valence-electron chi connectivity index (χ4n) is 2.08. The molecule has 1 aliphatic rings. The van der Waals surface area contributed by atoms with Gasteiger partial charge in [0.25, 0.3) is 0 Å². The van der Waals surface area contributed by atoms with E-state index in [4.69, 9.17) is 5.26 Å². The first kappa shape index (κ1) is 15.0. The van der Waals surface area contributed by atoms with Crippen molar-refractivity contribution in [1.29, 1.82) is 5.26 Å². The highest BCUT2D eigenvalue weighted by Gasteiger charge is 2.30. The quantitative estimate of drug-likeness (QED) is 0.853. The summed E-state index contributed by atoms with van der Waals surface area (Å²) in [5, 5.41) is 8.66. The van der Waals surface area contributed by atoms with Crippen LogP contribution in [0.5, 0.6) is 0 Å². The molecule has 1 atom stereocenters. The van der Waals surface area contributed by atoms with Gasteiger partial charge in [-0.15, -0.1) is 0 Å². The van der Waals surface area contributed by atoms with Gasteiger partial charge in [0, 0.05) is 6.04 Å². The van der Waals surface area contributed by atoms with Crippen molar-refractivity contribution in [2.75, 3.05) is 11.5 Å². The lowest BCUT2D eigenvalue weighted by atomic mass is 10.2. The van der Waals surface area contributed by atoms with Crippen LogP contribution in [0, 0.1) is 11.3 Å². The van der Waals surface area contributed by atoms with Crippen LogP contribution in [-0.4, -0.2) is 34.4 Å². The molecular weight excluding hydrogens is 300 g/mol.